The molecule has 0 saturated carbocycles. The molecule has 6 heteroatoms. The van der Waals surface area contributed by atoms with Crippen LogP contribution in [0.5, 0.6) is 0 Å². The van der Waals surface area contributed by atoms with E-state index in [1.807, 2.05) is 0 Å². The van der Waals surface area contributed by atoms with Gasteiger partial charge in [-0.3, -0.25) is 4.79 Å². The van der Waals surface area contributed by atoms with Crippen molar-refractivity contribution in [2.24, 2.45) is 5.73 Å². The molecule has 5 nitrogen and oxygen atoms in total. The number of carboxylic acid groups (broad SMARTS) is 1. The summed E-state index contributed by atoms with van der Waals surface area (Å²) in [5.41, 5.74) is 4.93. The molecule has 1 amide bonds. The number of hydrogen-bond acceptors (Lipinski definition) is 3. The molecule has 1 unspecified atom stereocenters. The van der Waals surface area contributed by atoms with Crippen molar-refractivity contribution in [3.63, 3.8) is 0 Å². The van der Waals surface area contributed by atoms with Gasteiger partial charge in [0.05, 0.1) is 5.69 Å². The van der Waals surface area contributed by atoms with E-state index in [0.29, 0.717) is 0 Å². The predicted molar refractivity (Wildman–Crippen MR) is 50.6 cm³/mol. The van der Waals surface area contributed by atoms with Crippen molar-refractivity contribution in [2.75, 3.05) is 5.32 Å². The second-order valence-corrected chi connectivity index (χ2v) is 2.79. The van der Waals surface area contributed by atoms with Gasteiger partial charge in [-0.1, -0.05) is 12.1 Å². The lowest BCUT2D eigenvalue weighted by atomic mass is 10.2. The lowest BCUT2D eigenvalue weighted by Gasteiger charge is -2.08. The number of nitrogens with two attached hydrogens (primary N) is 1. The van der Waals surface area contributed by atoms with Crippen LogP contribution in [0.25, 0.3) is 0 Å². The van der Waals surface area contributed by atoms with Crippen LogP contribution in [-0.2, 0) is 9.59 Å². The second-order valence-electron chi connectivity index (χ2n) is 2.79. The number of carbonyl (C=O) groups is 2. The average molecular weight is 212 g/mol. The monoisotopic (exact) mass is 212 g/mol. The summed E-state index contributed by atoms with van der Waals surface area (Å²) < 4.78 is 13.0. The van der Waals surface area contributed by atoms with Gasteiger partial charge in [-0.25, -0.2) is 9.18 Å². The first-order valence-electron chi connectivity index (χ1n) is 4.06. The number of para-hydroxylation sites is 1. The molecule has 0 heterocycles. The van der Waals surface area contributed by atoms with Gasteiger partial charge in [-0.05, 0) is 12.1 Å². The molecule has 1 aromatic rings. The minimum atomic E-state index is -1.70. The van der Waals surface area contributed by atoms with Gasteiger partial charge in [0.1, 0.15) is 5.82 Å². The molecule has 80 valence electrons. The summed E-state index contributed by atoms with van der Waals surface area (Å²) in [5, 5.41) is 10.5. The minimum Gasteiger partial charge on any atom is -0.480 e. The van der Waals surface area contributed by atoms with Gasteiger partial charge in [-0.2, -0.15) is 0 Å². The topological polar surface area (TPSA) is 92.4 Å². The molecular weight excluding hydrogens is 203 g/mol. The summed E-state index contributed by atoms with van der Waals surface area (Å²) in [7, 11) is 0. The Morgan fingerprint density at radius 1 is 1.40 bits per heavy atom. The van der Waals surface area contributed by atoms with Crippen LogP contribution in [0.4, 0.5) is 10.1 Å². The Bertz CT molecular complexity index is 395. The van der Waals surface area contributed by atoms with E-state index in [0.717, 1.165) is 6.07 Å². The van der Waals surface area contributed by atoms with Gasteiger partial charge in [0.15, 0.2) is 6.04 Å². The maximum atomic E-state index is 13.0. The first-order valence-corrected chi connectivity index (χ1v) is 4.06. The highest BCUT2D eigenvalue weighted by Crippen LogP contribution is 2.12. The molecule has 0 spiro atoms. The van der Waals surface area contributed by atoms with E-state index < -0.39 is 23.7 Å². The van der Waals surface area contributed by atoms with E-state index in [4.69, 9.17) is 10.8 Å². The third kappa shape index (κ3) is 2.75. The molecule has 0 fully saturated rings. The summed E-state index contributed by atoms with van der Waals surface area (Å²) in [4.78, 5) is 21.5. The van der Waals surface area contributed by atoms with Crippen LogP contribution in [0.1, 0.15) is 0 Å². The number of carboxylic acids is 1. The molecule has 0 aliphatic heterocycles. The van der Waals surface area contributed by atoms with Gasteiger partial charge in [0.25, 0.3) is 5.91 Å². The van der Waals surface area contributed by atoms with Gasteiger partial charge < -0.3 is 16.2 Å². The molecule has 0 radical (unpaired) electrons. The number of halogens is 1. The van der Waals surface area contributed by atoms with Crippen LogP contribution in [0.15, 0.2) is 24.3 Å². The maximum absolute atomic E-state index is 13.0. The Kier molecular flexibility index (Phi) is 3.35. The standard InChI is InChI=1S/C9H9FN2O3/c10-5-3-1-2-4-6(5)12-8(13)7(11)9(14)15/h1-4,7H,11H2,(H,12,13)(H,14,15). The van der Waals surface area contributed by atoms with Crippen LogP contribution >= 0.6 is 0 Å². The zero-order valence-electron chi connectivity index (χ0n) is 7.61. The molecule has 1 rings (SSSR count). The zero-order valence-corrected chi connectivity index (χ0v) is 7.61. The van der Waals surface area contributed by atoms with Crippen molar-refractivity contribution >= 4 is 17.6 Å². The van der Waals surface area contributed by atoms with Crippen molar-refractivity contribution in [3.05, 3.63) is 30.1 Å². The normalized spacial score (nSPS) is 11.9. The number of hydrogen-bond donors (Lipinski definition) is 3. The smallest absolute Gasteiger partial charge is 0.330 e. The van der Waals surface area contributed by atoms with E-state index in [1.54, 1.807) is 0 Å². The first kappa shape index (κ1) is 11.1. The third-order valence-electron chi connectivity index (χ3n) is 1.68. The van der Waals surface area contributed by atoms with Crippen LogP contribution in [-0.4, -0.2) is 23.0 Å². The summed E-state index contributed by atoms with van der Waals surface area (Å²) >= 11 is 0. The van der Waals surface area contributed by atoms with Gasteiger partial charge in [0, 0.05) is 0 Å². The maximum Gasteiger partial charge on any atom is 0.330 e. The Labute approximate surface area is 84.7 Å². The lowest BCUT2D eigenvalue weighted by Crippen LogP contribution is -2.42. The van der Waals surface area contributed by atoms with Crippen molar-refractivity contribution in [2.45, 2.75) is 6.04 Å². The van der Waals surface area contributed by atoms with E-state index >= 15 is 0 Å². The van der Waals surface area contributed by atoms with Gasteiger partial charge in [-0.15, -0.1) is 0 Å². The van der Waals surface area contributed by atoms with E-state index in [9.17, 15) is 14.0 Å². The fourth-order valence-electron chi connectivity index (χ4n) is 0.885. The van der Waals surface area contributed by atoms with E-state index in [2.05, 4.69) is 5.32 Å². The van der Waals surface area contributed by atoms with Crippen molar-refractivity contribution in [3.8, 4) is 0 Å². The quantitative estimate of drug-likeness (QED) is 0.623. The van der Waals surface area contributed by atoms with Crippen LogP contribution < -0.4 is 11.1 Å². The number of anilines is 1. The first-order chi connectivity index (χ1) is 7.02. The van der Waals surface area contributed by atoms with Gasteiger partial charge in [0.2, 0.25) is 0 Å². The third-order valence-corrected chi connectivity index (χ3v) is 1.68. The summed E-state index contributed by atoms with van der Waals surface area (Å²) in [6.07, 6.45) is 0. The summed E-state index contributed by atoms with van der Waals surface area (Å²) in [6.45, 7) is 0. The van der Waals surface area contributed by atoms with Crippen molar-refractivity contribution in [1.82, 2.24) is 0 Å². The molecule has 0 aliphatic carbocycles. The highest BCUT2D eigenvalue weighted by Gasteiger charge is 2.21. The second kappa shape index (κ2) is 4.52. The highest BCUT2D eigenvalue weighted by molar-refractivity contribution is 6.07. The van der Waals surface area contributed by atoms with Gasteiger partial charge >= 0.3 is 5.97 Å². The fourth-order valence-corrected chi connectivity index (χ4v) is 0.885. The average Bonchev–Trinajstić information content (AvgIpc) is 2.20. The lowest BCUT2D eigenvalue weighted by molar-refractivity contribution is -0.141. The summed E-state index contributed by atoms with van der Waals surface area (Å²) in [5.74, 6) is -3.08. The number of aliphatic carboxylic acids is 1. The van der Waals surface area contributed by atoms with Crippen LogP contribution in [0.3, 0.4) is 0 Å². The number of benzene rings is 1. The Morgan fingerprint density at radius 2 is 2.00 bits per heavy atom. The SMILES string of the molecule is NC(C(=O)O)C(=O)Nc1ccccc1F. The molecule has 0 aliphatic rings. The minimum absolute atomic E-state index is 0.0980. The Morgan fingerprint density at radius 3 is 2.53 bits per heavy atom. The molecule has 0 bridgehead atoms. The molecule has 15 heavy (non-hydrogen) atoms. The molecule has 1 atom stereocenters. The van der Waals surface area contributed by atoms with Crippen LogP contribution in [0, 0.1) is 5.82 Å². The molecule has 4 N–H and O–H groups in total. The number of rotatable bonds is 3. The molecule has 0 saturated heterocycles. The molecular formula is C9H9FN2O3. The fraction of sp³-hybridized carbons (Fsp3) is 0.111. The van der Waals surface area contributed by atoms with E-state index in [1.165, 1.54) is 18.2 Å². The number of carbonyl (C=O) groups excluding carboxylic acids is 1. The van der Waals surface area contributed by atoms with Crippen molar-refractivity contribution < 1.29 is 19.1 Å². The summed E-state index contributed by atoms with van der Waals surface area (Å²) in [6, 6.07) is 3.70. The Hall–Kier alpha value is -1.95. The van der Waals surface area contributed by atoms with Crippen LogP contribution in [0.2, 0.25) is 0 Å². The zero-order chi connectivity index (χ0) is 11.4. The Balaban J connectivity index is 2.75. The molecule has 0 aromatic heterocycles. The van der Waals surface area contributed by atoms with Crippen molar-refractivity contribution in [1.29, 1.82) is 0 Å². The number of nitrogens with one attached hydrogen (secondary N) is 1. The number of amides is 1. The molecule has 1 aromatic carbocycles. The highest BCUT2D eigenvalue weighted by atomic mass is 19.1. The van der Waals surface area contributed by atoms with E-state index in [-0.39, 0.29) is 5.69 Å². The largest absolute Gasteiger partial charge is 0.480 e. The predicted octanol–water partition coefficient (Wildman–Crippen LogP) is 0.176.